The average molecular weight is 299 g/mol. The number of carboxylic acids is 2. The highest BCUT2D eigenvalue weighted by Crippen LogP contribution is 2.48. The van der Waals surface area contributed by atoms with E-state index in [1.165, 1.54) is 18.2 Å². The molecule has 2 aliphatic carbocycles. The first kappa shape index (κ1) is 14.3. The van der Waals surface area contributed by atoms with E-state index >= 15 is 0 Å². The molecule has 2 bridgehead atoms. The van der Waals surface area contributed by atoms with Gasteiger partial charge in [0.2, 0.25) is 5.91 Å². The van der Waals surface area contributed by atoms with E-state index in [0.717, 1.165) is 0 Å². The predicted molar refractivity (Wildman–Crippen MR) is 72.1 cm³/mol. The van der Waals surface area contributed by atoms with E-state index in [-0.39, 0.29) is 23.1 Å². The number of aromatic carboxylic acids is 1. The van der Waals surface area contributed by atoms with Gasteiger partial charge in [-0.15, -0.1) is 0 Å². The summed E-state index contributed by atoms with van der Waals surface area (Å²) in [5, 5.41) is 24.9. The van der Waals surface area contributed by atoms with Crippen LogP contribution in [-0.2, 0) is 9.59 Å². The first-order valence-electron chi connectivity index (χ1n) is 6.99. The number of rotatable bonds is 4. The van der Waals surface area contributed by atoms with Gasteiger partial charge in [-0.1, -0.05) is 30.4 Å². The van der Waals surface area contributed by atoms with Crippen molar-refractivity contribution in [2.75, 3.05) is 5.32 Å². The van der Waals surface area contributed by atoms with Gasteiger partial charge in [-0.3, -0.25) is 4.79 Å². The molecule has 3 rings (SSSR count). The van der Waals surface area contributed by atoms with Crippen LogP contribution < -0.4 is 15.5 Å². The van der Waals surface area contributed by atoms with Crippen LogP contribution in [0.2, 0.25) is 0 Å². The van der Waals surface area contributed by atoms with Crippen LogP contribution in [0, 0.1) is 23.7 Å². The summed E-state index contributed by atoms with van der Waals surface area (Å²) in [5.74, 6) is -5.10. The first-order valence-corrected chi connectivity index (χ1v) is 6.99. The number of hydrogen-bond acceptors (Lipinski definition) is 5. The maximum absolute atomic E-state index is 12.4. The van der Waals surface area contributed by atoms with Gasteiger partial charge < -0.3 is 25.1 Å². The minimum absolute atomic E-state index is 0.108. The minimum atomic E-state index is -1.40. The van der Waals surface area contributed by atoms with Gasteiger partial charge >= 0.3 is 0 Å². The topological polar surface area (TPSA) is 109 Å². The second-order valence-corrected chi connectivity index (χ2v) is 5.64. The lowest BCUT2D eigenvalue weighted by molar-refractivity contribution is -0.313. The number of carbonyl (C=O) groups excluding carboxylic acids is 3. The second kappa shape index (κ2) is 5.29. The number of amides is 1. The molecule has 0 radical (unpaired) electrons. The number of hydrogen-bond donors (Lipinski definition) is 1. The van der Waals surface area contributed by atoms with Crippen LogP contribution >= 0.6 is 0 Å². The molecule has 114 valence electrons. The first-order chi connectivity index (χ1) is 10.5. The lowest BCUT2D eigenvalue weighted by Crippen LogP contribution is -2.43. The Labute approximate surface area is 126 Å². The van der Waals surface area contributed by atoms with Gasteiger partial charge in [0, 0.05) is 23.1 Å². The Balaban J connectivity index is 1.85. The van der Waals surface area contributed by atoms with Crippen molar-refractivity contribution >= 4 is 23.5 Å². The zero-order valence-corrected chi connectivity index (χ0v) is 11.5. The van der Waals surface area contributed by atoms with Crippen molar-refractivity contribution in [3.8, 4) is 0 Å². The fourth-order valence-electron chi connectivity index (χ4n) is 3.49. The average Bonchev–Trinajstić information content (AvgIpc) is 3.08. The molecular weight excluding hydrogens is 286 g/mol. The number of aliphatic carboxylic acids is 1. The molecule has 1 N–H and O–H groups in total. The van der Waals surface area contributed by atoms with E-state index in [4.69, 9.17) is 0 Å². The summed E-state index contributed by atoms with van der Waals surface area (Å²) in [6.07, 6.45) is 4.27. The van der Waals surface area contributed by atoms with E-state index in [9.17, 15) is 24.6 Å². The maximum Gasteiger partial charge on any atom is 0.228 e. The van der Waals surface area contributed by atoms with Crippen LogP contribution in [0.15, 0.2) is 36.4 Å². The Hall–Kier alpha value is -2.63. The molecule has 1 fully saturated rings. The van der Waals surface area contributed by atoms with Crippen LogP contribution in [0.3, 0.4) is 0 Å². The van der Waals surface area contributed by atoms with Gasteiger partial charge in [0.25, 0.3) is 0 Å². The summed E-state index contributed by atoms with van der Waals surface area (Å²) in [5.41, 5.74) is -0.0316. The van der Waals surface area contributed by atoms with E-state index < -0.39 is 29.7 Å². The van der Waals surface area contributed by atoms with Gasteiger partial charge in [0.15, 0.2) is 0 Å². The highest BCUT2D eigenvalue weighted by molar-refractivity contribution is 6.01. The number of nitrogens with one attached hydrogen (secondary N) is 1. The van der Waals surface area contributed by atoms with E-state index in [0.29, 0.717) is 6.42 Å². The van der Waals surface area contributed by atoms with Crippen LogP contribution in [0.25, 0.3) is 0 Å². The number of benzene rings is 1. The number of allylic oxidation sites excluding steroid dienone is 2. The van der Waals surface area contributed by atoms with Crippen LogP contribution in [0.5, 0.6) is 0 Å². The number of carbonyl (C=O) groups is 3. The highest BCUT2D eigenvalue weighted by Gasteiger charge is 2.48. The zero-order valence-electron chi connectivity index (χ0n) is 11.5. The molecule has 0 unspecified atom stereocenters. The van der Waals surface area contributed by atoms with Crippen LogP contribution in [0.4, 0.5) is 5.69 Å². The van der Waals surface area contributed by atoms with Crippen LogP contribution in [-0.4, -0.2) is 17.8 Å². The maximum atomic E-state index is 12.4. The summed E-state index contributed by atoms with van der Waals surface area (Å²) in [6.45, 7) is 0. The molecule has 1 amide bonds. The SMILES string of the molecule is O=C([O-])c1ccccc1NC(=O)[C@@H]1[C@@H](C(=O)[O-])[C@H]2C=C[C@H]1C2. The summed E-state index contributed by atoms with van der Waals surface area (Å²) >= 11 is 0. The molecule has 2 aliphatic rings. The summed E-state index contributed by atoms with van der Waals surface area (Å²) in [4.78, 5) is 34.8. The van der Waals surface area contributed by atoms with Crippen molar-refractivity contribution in [2.24, 2.45) is 23.7 Å². The van der Waals surface area contributed by atoms with Gasteiger partial charge in [-0.05, 0) is 24.3 Å². The summed E-state index contributed by atoms with van der Waals surface area (Å²) in [7, 11) is 0. The van der Waals surface area contributed by atoms with Gasteiger partial charge in [-0.2, -0.15) is 0 Å². The van der Waals surface area contributed by atoms with Crippen molar-refractivity contribution in [1.82, 2.24) is 0 Å². The molecule has 0 saturated heterocycles. The fraction of sp³-hybridized carbons (Fsp3) is 0.312. The van der Waals surface area contributed by atoms with E-state index in [1.807, 2.05) is 12.2 Å². The smallest absolute Gasteiger partial charge is 0.228 e. The van der Waals surface area contributed by atoms with Gasteiger partial charge in [-0.25, -0.2) is 0 Å². The third kappa shape index (κ3) is 2.26. The summed E-state index contributed by atoms with van der Waals surface area (Å²) < 4.78 is 0. The quantitative estimate of drug-likeness (QED) is 0.730. The molecule has 6 nitrogen and oxygen atoms in total. The molecule has 6 heteroatoms. The third-order valence-corrected chi connectivity index (χ3v) is 4.44. The normalized spacial score (nSPS) is 28.5. The largest absolute Gasteiger partial charge is 0.550 e. The van der Waals surface area contributed by atoms with Gasteiger partial charge in [0.1, 0.15) is 0 Å². The fourth-order valence-corrected chi connectivity index (χ4v) is 3.49. The van der Waals surface area contributed by atoms with Crippen LogP contribution in [0.1, 0.15) is 16.8 Å². The minimum Gasteiger partial charge on any atom is -0.550 e. The molecule has 0 aliphatic heterocycles. The molecule has 1 saturated carbocycles. The highest BCUT2D eigenvalue weighted by atomic mass is 16.4. The van der Waals surface area contributed by atoms with Crippen molar-refractivity contribution in [2.45, 2.75) is 6.42 Å². The monoisotopic (exact) mass is 299 g/mol. The van der Waals surface area contributed by atoms with Crippen molar-refractivity contribution in [1.29, 1.82) is 0 Å². The molecule has 1 aromatic rings. The number of para-hydroxylation sites is 1. The second-order valence-electron chi connectivity index (χ2n) is 5.64. The Morgan fingerprint density at radius 3 is 2.27 bits per heavy atom. The number of anilines is 1. The molecule has 0 aromatic heterocycles. The predicted octanol–water partition coefficient (Wildman–Crippen LogP) is -0.823. The molecule has 0 spiro atoms. The van der Waals surface area contributed by atoms with E-state index in [2.05, 4.69) is 5.32 Å². The number of fused-ring (bicyclic) bond motifs is 2. The Morgan fingerprint density at radius 2 is 1.64 bits per heavy atom. The molecule has 22 heavy (non-hydrogen) atoms. The van der Waals surface area contributed by atoms with Gasteiger partial charge in [0.05, 0.1) is 11.9 Å². The molecule has 4 atom stereocenters. The Morgan fingerprint density at radius 1 is 1.00 bits per heavy atom. The van der Waals surface area contributed by atoms with E-state index in [1.54, 1.807) is 6.07 Å². The molecular formula is C16H13NO5-2. The zero-order chi connectivity index (χ0) is 15.9. The molecule has 1 aromatic carbocycles. The standard InChI is InChI=1S/C16H15NO5/c18-14(17-11-4-2-1-3-10(11)15(19)20)12-8-5-6-9(7-8)13(12)16(21)22/h1-6,8-9,12-13H,7H2,(H,17,18)(H,19,20)(H,21,22)/p-2/t8-,9-,12-,13-/m0/s1. The number of carboxylic acid groups (broad SMARTS) is 2. The Kier molecular flexibility index (Phi) is 3.44. The van der Waals surface area contributed by atoms with Crippen molar-refractivity contribution in [3.63, 3.8) is 0 Å². The molecule has 0 heterocycles. The Bertz CT molecular complexity index is 681. The van der Waals surface area contributed by atoms with Crippen molar-refractivity contribution < 1.29 is 24.6 Å². The summed E-state index contributed by atoms with van der Waals surface area (Å²) in [6, 6.07) is 5.87. The lowest BCUT2D eigenvalue weighted by Gasteiger charge is -2.28. The van der Waals surface area contributed by atoms with Crippen molar-refractivity contribution in [3.05, 3.63) is 42.0 Å². The lowest BCUT2D eigenvalue weighted by atomic mass is 9.82. The third-order valence-electron chi connectivity index (χ3n) is 4.44.